The first-order valence-electron chi connectivity index (χ1n) is 6.35. The van der Waals surface area contributed by atoms with Crippen LogP contribution in [0.15, 0.2) is 5.38 Å². The fourth-order valence-corrected chi connectivity index (χ4v) is 2.66. The number of nitrogens with one attached hydrogen (secondary N) is 2. The summed E-state index contributed by atoms with van der Waals surface area (Å²) < 4.78 is 5.28. The second kappa shape index (κ2) is 6.64. The Kier molecular flexibility index (Phi) is 4.86. The van der Waals surface area contributed by atoms with Gasteiger partial charge >= 0.3 is 5.97 Å². The zero-order valence-corrected chi connectivity index (χ0v) is 12.1. The molecule has 0 radical (unpaired) electrons. The Morgan fingerprint density at radius 3 is 2.86 bits per heavy atom. The monoisotopic (exact) mass is 313 g/mol. The zero-order valence-electron chi connectivity index (χ0n) is 11.3. The van der Waals surface area contributed by atoms with Crippen molar-refractivity contribution in [2.75, 3.05) is 11.9 Å². The van der Waals surface area contributed by atoms with Gasteiger partial charge in [-0.2, -0.15) is 0 Å². The first-order chi connectivity index (χ1) is 9.95. The van der Waals surface area contributed by atoms with Crippen LogP contribution in [0, 0.1) is 0 Å². The lowest BCUT2D eigenvalue weighted by Crippen LogP contribution is -2.33. The number of anilines is 1. The van der Waals surface area contributed by atoms with Gasteiger partial charge in [-0.15, -0.1) is 11.3 Å². The SMILES string of the molecule is CC(=O)Nc1nc(C(=O)NCC2CCC(C(=O)O)O2)cs1. The number of carboxylic acids is 1. The highest BCUT2D eigenvalue weighted by Gasteiger charge is 2.30. The molecular weight excluding hydrogens is 298 g/mol. The second-order valence-corrected chi connectivity index (χ2v) is 5.45. The Hall–Kier alpha value is -2.00. The zero-order chi connectivity index (χ0) is 15.4. The van der Waals surface area contributed by atoms with Gasteiger partial charge in [0.25, 0.3) is 5.91 Å². The fraction of sp³-hybridized carbons (Fsp3) is 0.500. The summed E-state index contributed by atoms with van der Waals surface area (Å²) in [4.78, 5) is 37.5. The predicted molar refractivity (Wildman–Crippen MR) is 74.3 cm³/mol. The third-order valence-electron chi connectivity index (χ3n) is 2.89. The summed E-state index contributed by atoms with van der Waals surface area (Å²) in [6.45, 7) is 1.59. The molecule has 1 aliphatic heterocycles. The van der Waals surface area contributed by atoms with Crippen LogP contribution in [0.25, 0.3) is 0 Å². The lowest BCUT2D eigenvalue weighted by Gasteiger charge is -2.11. The number of nitrogens with zero attached hydrogens (tertiary/aromatic N) is 1. The molecular formula is C12H15N3O5S. The van der Waals surface area contributed by atoms with Gasteiger partial charge in [-0.1, -0.05) is 0 Å². The van der Waals surface area contributed by atoms with E-state index >= 15 is 0 Å². The molecule has 2 atom stereocenters. The van der Waals surface area contributed by atoms with Gasteiger partial charge in [0, 0.05) is 18.8 Å². The summed E-state index contributed by atoms with van der Waals surface area (Å²) in [6, 6.07) is 0. The van der Waals surface area contributed by atoms with Gasteiger partial charge in [-0.3, -0.25) is 9.59 Å². The van der Waals surface area contributed by atoms with Crippen molar-refractivity contribution in [2.45, 2.75) is 32.0 Å². The van der Waals surface area contributed by atoms with E-state index in [1.165, 1.54) is 12.3 Å². The smallest absolute Gasteiger partial charge is 0.332 e. The normalized spacial score (nSPS) is 21.0. The minimum atomic E-state index is -0.983. The molecule has 21 heavy (non-hydrogen) atoms. The highest BCUT2D eigenvalue weighted by atomic mass is 32.1. The summed E-state index contributed by atoms with van der Waals surface area (Å²) in [5.41, 5.74) is 0.205. The van der Waals surface area contributed by atoms with E-state index in [1.54, 1.807) is 0 Å². The molecule has 2 unspecified atom stereocenters. The number of hydrogen-bond donors (Lipinski definition) is 3. The Balaban J connectivity index is 1.81. The molecule has 0 aromatic carbocycles. The van der Waals surface area contributed by atoms with Crippen LogP contribution in [0.5, 0.6) is 0 Å². The molecule has 3 N–H and O–H groups in total. The Bertz CT molecular complexity index is 559. The topological polar surface area (TPSA) is 118 Å². The van der Waals surface area contributed by atoms with Crippen LogP contribution in [0.3, 0.4) is 0 Å². The molecule has 2 rings (SSSR count). The summed E-state index contributed by atoms with van der Waals surface area (Å²) in [6.07, 6.45) is -0.0638. The molecule has 114 valence electrons. The first kappa shape index (κ1) is 15.4. The van der Waals surface area contributed by atoms with E-state index in [9.17, 15) is 14.4 Å². The minimum absolute atomic E-state index is 0.205. The Morgan fingerprint density at radius 2 is 2.24 bits per heavy atom. The van der Waals surface area contributed by atoms with Gasteiger partial charge in [0.2, 0.25) is 5.91 Å². The van der Waals surface area contributed by atoms with E-state index in [2.05, 4.69) is 15.6 Å². The van der Waals surface area contributed by atoms with Crippen molar-refractivity contribution in [3.8, 4) is 0 Å². The number of thiazole rings is 1. The Labute approximate surface area is 124 Å². The standard InChI is InChI=1S/C12H15N3O5S/c1-6(16)14-12-15-8(5-21-12)10(17)13-4-7-2-3-9(20-7)11(18)19/h5,7,9H,2-4H2,1H3,(H,13,17)(H,18,19)(H,14,15,16). The number of aliphatic carboxylic acids is 1. The summed E-state index contributed by atoms with van der Waals surface area (Å²) in [7, 11) is 0. The van der Waals surface area contributed by atoms with E-state index in [1.807, 2.05) is 0 Å². The van der Waals surface area contributed by atoms with E-state index in [0.29, 0.717) is 18.0 Å². The molecule has 2 heterocycles. The van der Waals surface area contributed by atoms with E-state index < -0.39 is 12.1 Å². The van der Waals surface area contributed by atoms with Crippen molar-refractivity contribution < 1.29 is 24.2 Å². The summed E-state index contributed by atoms with van der Waals surface area (Å²) in [5.74, 6) is -1.62. The molecule has 1 aromatic rings. The lowest BCUT2D eigenvalue weighted by molar-refractivity contribution is -0.149. The molecule has 1 aromatic heterocycles. The van der Waals surface area contributed by atoms with Crippen LogP contribution in [0.1, 0.15) is 30.3 Å². The average molecular weight is 313 g/mol. The van der Waals surface area contributed by atoms with Crippen LogP contribution in [-0.2, 0) is 14.3 Å². The van der Waals surface area contributed by atoms with Crippen LogP contribution < -0.4 is 10.6 Å². The maximum atomic E-state index is 11.9. The van der Waals surface area contributed by atoms with Crippen molar-refractivity contribution in [3.63, 3.8) is 0 Å². The van der Waals surface area contributed by atoms with Crippen molar-refractivity contribution >= 4 is 34.3 Å². The third-order valence-corrected chi connectivity index (χ3v) is 3.65. The molecule has 9 heteroatoms. The molecule has 0 saturated carbocycles. The Morgan fingerprint density at radius 1 is 1.48 bits per heavy atom. The van der Waals surface area contributed by atoms with Gasteiger partial charge in [0.15, 0.2) is 11.2 Å². The number of carbonyl (C=O) groups is 3. The van der Waals surface area contributed by atoms with Gasteiger partial charge in [-0.05, 0) is 12.8 Å². The van der Waals surface area contributed by atoms with Crippen LogP contribution in [0.2, 0.25) is 0 Å². The van der Waals surface area contributed by atoms with Gasteiger partial charge < -0.3 is 20.5 Å². The number of ether oxygens (including phenoxy) is 1. The average Bonchev–Trinajstić information content (AvgIpc) is 3.04. The molecule has 0 aliphatic carbocycles. The molecule has 0 bridgehead atoms. The molecule has 2 amide bonds. The third kappa shape index (κ3) is 4.23. The van der Waals surface area contributed by atoms with Gasteiger partial charge in [0.1, 0.15) is 5.69 Å². The number of aromatic nitrogens is 1. The van der Waals surface area contributed by atoms with Gasteiger partial charge in [-0.25, -0.2) is 9.78 Å². The number of hydrogen-bond acceptors (Lipinski definition) is 6. The predicted octanol–water partition coefficient (Wildman–Crippen LogP) is 0.463. The molecule has 1 fully saturated rings. The number of carboxylic acid groups (broad SMARTS) is 1. The minimum Gasteiger partial charge on any atom is -0.479 e. The maximum absolute atomic E-state index is 11.9. The molecule has 1 aliphatic rings. The van der Waals surface area contributed by atoms with Crippen molar-refractivity contribution in [1.29, 1.82) is 0 Å². The van der Waals surface area contributed by atoms with Crippen molar-refractivity contribution in [1.82, 2.24) is 10.3 Å². The molecule has 0 spiro atoms. The van der Waals surface area contributed by atoms with E-state index in [0.717, 1.165) is 11.3 Å². The second-order valence-electron chi connectivity index (χ2n) is 4.59. The summed E-state index contributed by atoms with van der Waals surface area (Å²) in [5, 5.41) is 15.8. The van der Waals surface area contributed by atoms with Gasteiger partial charge in [0.05, 0.1) is 6.10 Å². The molecule has 8 nitrogen and oxygen atoms in total. The van der Waals surface area contributed by atoms with E-state index in [4.69, 9.17) is 9.84 Å². The van der Waals surface area contributed by atoms with E-state index in [-0.39, 0.29) is 30.2 Å². The van der Waals surface area contributed by atoms with Crippen molar-refractivity contribution in [3.05, 3.63) is 11.1 Å². The fourth-order valence-electron chi connectivity index (χ4n) is 1.92. The number of carbonyl (C=O) groups excluding carboxylic acids is 2. The quantitative estimate of drug-likeness (QED) is 0.727. The largest absolute Gasteiger partial charge is 0.479 e. The first-order valence-corrected chi connectivity index (χ1v) is 7.23. The lowest BCUT2D eigenvalue weighted by atomic mass is 10.2. The molecule has 1 saturated heterocycles. The van der Waals surface area contributed by atoms with Crippen molar-refractivity contribution in [2.24, 2.45) is 0 Å². The highest BCUT2D eigenvalue weighted by Crippen LogP contribution is 2.19. The number of rotatable bonds is 5. The number of amides is 2. The maximum Gasteiger partial charge on any atom is 0.332 e. The summed E-state index contributed by atoms with van der Waals surface area (Å²) >= 11 is 1.16. The van der Waals surface area contributed by atoms with Crippen LogP contribution in [0.4, 0.5) is 5.13 Å². The highest BCUT2D eigenvalue weighted by molar-refractivity contribution is 7.14. The van der Waals surface area contributed by atoms with Crippen LogP contribution >= 0.6 is 11.3 Å². The van der Waals surface area contributed by atoms with Crippen LogP contribution in [-0.4, -0.2) is 46.6 Å².